The van der Waals surface area contributed by atoms with Gasteiger partial charge in [-0.25, -0.2) is 0 Å². The summed E-state index contributed by atoms with van der Waals surface area (Å²) in [4.78, 5) is 9.61. The van der Waals surface area contributed by atoms with Crippen LogP contribution in [0.2, 0.25) is 0 Å². The van der Waals surface area contributed by atoms with E-state index in [1.165, 1.54) is 45.1 Å². The van der Waals surface area contributed by atoms with Crippen molar-refractivity contribution < 1.29 is 0 Å². The van der Waals surface area contributed by atoms with Crippen molar-refractivity contribution in [2.45, 2.75) is 64.0 Å². The SMILES string of the molecule is CCN1CCCC1CNC(N)=NCC1(N(C)C)CCCC(C)C1. The number of aliphatic imine (C=N–C) groups is 1. The lowest BCUT2D eigenvalue weighted by Crippen LogP contribution is -2.51. The number of guanidine groups is 1. The Hall–Kier alpha value is -0.810. The van der Waals surface area contributed by atoms with Crippen LogP contribution < -0.4 is 11.1 Å². The summed E-state index contributed by atoms with van der Waals surface area (Å²) in [6, 6.07) is 0.617. The predicted molar refractivity (Wildman–Crippen MR) is 98.8 cm³/mol. The molecule has 3 N–H and O–H groups in total. The van der Waals surface area contributed by atoms with Gasteiger partial charge in [-0.05, 0) is 58.8 Å². The molecule has 23 heavy (non-hydrogen) atoms. The quantitative estimate of drug-likeness (QED) is 0.579. The zero-order valence-electron chi connectivity index (χ0n) is 15.6. The van der Waals surface area contributed by atoms with Crippen LogP contribution in [0, 0.1) is 5.92 Å². The van der Waals surface area contributed by atoms with Crippen LogP contribution >= 0.6 is 0 Å². The summed E-state index contributed by atoms with van der Waals surface area (Å²) in [5.74, 6) is 1.40. The van der Waals surface area contributed by atoms with Crippen LogP contribution in [0.4, 0.5) is 0 Å². The van der Waals surface area contributed by atoms with Gasteiger partial charge in [-0.1, -0.05) is 26.7 Å². The minimum absolute atomic E-state index is 0.187. The molecule has 1 heterocycles. The topological polar surface area (TPSA) is 56.9 Å². The molecule has 0 radical (unpaired) electrons. The van der Waals surface area contributed by atoms with E-state index < -0.39 is 0 Å². The van der Waals surface area contributed by atoms with E-state index in [1.807, 2.05) is 0 Å². The number of hydrogen-bond acceptors (Lipinski definition) is 3. The first-order valence-electron chi connectivity index (χ1n) is 9.42. The first-order chi connectivity index (χ1) is 11.0. The lowest BCUT2D eigenvalue weighted by Gasteiger charge is -2.44. The number of nitrogens with one attached hydrogen (secondary N) is 1. The van der Waals surface area contributed by atoms with Crippen molar-refractivity contribution in [3.63, 3.8) is 0 Å². The maximum absolute atomic E-state index is 6.15. The molecular formula is C18H37N5. The summed E-state index contributed by atoms with van der Waals surface area (Å²) in [6.07, 6.45) is 7.68. The molecule has 1 saturated heterocycles. The van der Waals surface area contributed by atoms with E-state index in [-0.39, 0.29) is 5.54 Å². The lowest BCUT2D eigenvalue weighted by atomic mass is 9.75. The molecule has 2 fully saturated rings. The number of nitrogens with zero attached hydrogens (tertiary/aromatic N) is 3. The molecule has 134 valence electrons. The molecule has 3 unspecified atom stereocenters. The van der Waals surface area contributed by atoms with Crippen molar-refractivity contribution in [2.75, 3.05) is 40.3 Å². The largest absolute Gasteiger partial charge is 0.370 e. The van der Waals surface area contributed by atoms with Gasteiger partial charge >= 0.3 is 0 Å². The van der Waals surface area contributed by atoms with Gasteiger partial charge in [0.15, 0.2) is 5.96 Å². The second-order valence-electron chi connectivity index (χ2n) is 7.83. The minimum Gasteiger partial charge on any atom is -0.370 e. The monoisotopic (exact) mass is 323 g/mol. The Kier molecular flexibility index (Phi) is 6.72. The highest BCUT2D eigenvalue weighted by Crippen LogP contribution is 2.35. The number of rotatable bonds is 6. The molecule has 0 spiro atoms. The van der Waals surface area contributed by atoms with Crippen molar-refractivity contribution in [2.24, 2.45) is 16.6 Å². The third-order valence-electron chi connectivity index (χ3n) is 5.98. The fourth-order valence-corrected chi connectivity index (χ4v) is 4.38. The average molecular weight is 324 g/mol. The third-order valence-corrected chi connectivity index (χ3v) is 5.98. The van der Waals surface area contributed by atoms with Crippen LogP contribution in [0.1, 0.15) is 52.4 Å². The van der Waals surface area contributed by atoms with Gasteiger partial charge in [-0.15, -0.1) is 0 Å². The van der Waals surface area contributed by atoms with E-state index in [2.05, 4.69) is 43.1 Å². The summed E-state index contributed by atoms with van der Waals surface area (Å²) >= 11 is 0. The zero-order chi connectivity index (χ0) is 16.9. The van der Waals surface area contributed by atoms with Gasteiger partial charge in [-0.3, -0.25) is 9.89 Å². The van der Waals surface area contributed by atoms with E-state index >= 15 is 0 Å². The first kappa shape index (κ1) is 18.5. The Morgan fingerprint density at radius 1 is 1.35 bits per heavy atom. The number of likely N-dealkylation sites (tertiary alicyclic amines) is 1. The second-order valence-corrected chi connectivity index (χ2v) is 7.83. The molecule has 5 heteroatoms. The highest BCUT2D eigenvalue weighted by Gasteiger charge is 2.36. The van der Waals surface area contributed by atoms with Crippen molar-refractivity contribution in [1.29, 1.82) is 0 Å². The Morgan fingerprint density at radius 3 is 2.78 bits per heavy atom. The van der Waals surface area contributed by atoms with Crippen molar-refractivity contribution in [3.05, 3.63) is 0 Å². The summed E-state index contributed by atoms with van der Waals surface area (Å²) in [6.45, 7) is 8.69. The number of likely N-dealkylation sites (N-methyl/N-ethyl adjacent to an activating group) is 2. The molecule has 3 atom stereocenters. The predicted octanol–water partition coefficient (Wildman–Crippen LogP) is 1.89. The molecule has 0 bridgehead atoms. The van der Waals surface area contributed by atoms with E-state index in [9.17, 15) is 0 Å². The first-order valence-corrected chi connectivity index (χ1v) is 9.42. The van der Waals surface area contributed by atoms with Crippen LogP contribution in [-0.4, -0.2) is 67.6 Å². The van der Waals surface area contributed by atoms with Gasteiger partial charge in [0.25, 0.3) is 0 Å². The van der Waals surface area contributed by atoms with Gasteiger partial charge in [0.2, 0.25) is 0 Å². The molecule has 1 aliphatic carbocycles. The third kappa shape index (κ3) is 4.83. The molecular weight excluding hydrogens is 286 g/mol. The van der Waals surface area contributed by atoms with Gasteiger partial charge in [0.1, 0.15) is 0 Å². The van der Waals surface area contributed by atoms with Crippen molar-refractivity contribution >= 4 is 5.96 Å². The van der Waals surface area contributed by atoms with E-state index in [0.717, 1.165) is 25.6 Å². The Balaban J connectivity index is 1.87. The molecule has 2 rings (SSSR count). The zero-order valence-corrected chi connectivity index (χ0v) is 15.6. The molecule has 0 aromatic carbocycles. The van der Waals surface area contributed by atoms with Crippen LogP contribution in [0.5, 0.6) is 0 Å². The van der Waals surface area contributed by atoms with Crippen LogP contribution in [0.3, 0.4) is 0 Å². The molecule has 5 nitrogen and oxygen atoms in total. The highest BCUT2D eigenvalue weighted by atomic mass is 15.2. The molecule has 1 aliphatic heterocycles. The molecule has 1 saturated carbocycles. The minimum atomic E-state index is 0.187. The smallest absolute Gasteiger partial charge is 0.188 e. The van der Waals surface area contributed by atoms with E-state index in [4.69, 9.17) is 10.7 Å². The van der Waals surface area contributed by atoms with Crippen molar-refractivity contribution in [1.82, 2.24) is 15.1 Å². The Labute approximate surface area is 142 Å². The normalized spacial score (nSPS) is 33.3. The van der Waals surface area contributed by atoms with Crippen LogP contribution in [-0.2, 0) is 0 Å². The van der Waals surface area contributed by atoms with E-state index in [1.54, 1.807) is 0 Å². The van der Waals surface area contributed by atoms with Crippen LogP contribution in [0.25, 0.3) is 0 Å². The van der Waals surface area contributed by atoms with Gasteiger partial charge in [-0.2, -0.15) is 0 Å². The van der Waals surface area contributed by atoms with Crippen molar-refractivity contribution in [3.8, 4) is 0 Å². The van der Waals surface area contributed by atoms with Gasteiger partial charge < -0.3 is 16.0 Å². The van der Waals surface area contributed by atoms with Crippen LogP contribution in [0.15, 0.2) is 4.99 Å². The average Bonchev–Trinajstić information content (AvgIpc) is 2.98. The molecule has 0 aromatic heterocycles. The highest BCUT2D eigenvalue weighted by molar-refractivity contribution is 5.77. The molecule has 0 amide bonds. The lowest BCUT2D eigenvalue weighted by molar-refractivity contribution is 0.0845. The summed E-state index contributed by atoms with van der Waals surface area (Å²) < 4.78 is 0. The standard InChI is InChI=1S/C18H37N5/c1-5-23-11-7-9-16(23)13-20-17(19)21-14-18(22(3)4)10-6-8-15(2)12-18/h15-16H,5-14H2,1-4H3,(H3,19,20,21). The van der Waals surface area contributed by atoms with E-state index in [0.29, 0.717) is 12.0 Å². The fourth-order valence-electron chi connectivity index (χ4n) is 4.38. The summed E-state index contributed by atoms with van der Waals surface area (Å²) in [5, 5.41) is 3.36. The fraction of sp³-hybridized carbons (Fsp3) is 0.944. The summed E-state index contributed by atoms with van der Waals surface area (Å²) in [7, 11) is 4.38. The molecule has 0 aromatic rings. The number of nitrogens with two attached hydrogens (primary N) is 1. The number of hydrogen-bond donors (Lipinski definition) is 2. The van der Waals surface area contributed by atoms with Gasteiger partial charge in [0, 0.05) is 18.1 Å². The maximum atomic E-state index is 6.15. The summed E-state index contributed by atoms with van der Waals surface area (Å²) in [5.41, 5.74) is 6.34. The Bertz CT molecular complexity index is 395. The maximum Gasteiger partial charge on any atom is 0.188 e. The Morgan fingerprint density at radius 2 is 2.13 bits per heavy atom. The second kappa shape index (κ2) is 8.34. The molecule has 2 aliphatic rings. The van der Waals surface area contributed by atoms with Gasteiger partial charge in [0.05, 0.1) is 6.54 Å².